The topological polar surface area (TPSA) is 78.7 Å². The van der Waals surface area contributed by atoms with Gasteiger partial charge in [0.25, 0.3) is 5.56 Å². The SMILES string of the molecule is CCCCC(C)n1cc(C#N)c(=O)[nH]c1=O. The Morgan fingerprint density at radius 1 is 1.56 bits per heavy atom. The number of hydrogen-bond acceptors (Lipinski definition) is 3. The van der Waals surface area contributed by atoms with Gasteiger partial charge in [0, 0.05) is 12.2 Å². The molecule has 1 heterocycles. The summed E-state index contributed by atoms with van der Waals surface area (Å²) < 4.78 is 1.41. The standard InChI is InChI=1S/C11H15N3O2/c1-3-4-5-8(2)14-7-9(6-12)10(15)13-11(14)16/h7-8H,3-5H2,1-2H3,(H,13,15,16). The highest BCUT2D eigenvalue weighted by atomic mass is 16.2. The Morgan fingerprint density at radius 2 is 2.25 bits per heavy atom. The zero-order chi connectivity index (χ0) is 12.1. The lowest BCUT2D eigenvalue weighted by atomic mass is 10.1. The molecule has 0 saturated carbocycles. The molecule has 0 aliphatic carbocycles. The molecule has 1 N–H and O–H groups in total. The summed E-state index contributed by atoms with van der Waals surface area (Å²) in [4.78, 5) is 24.8. The van der Waals surface area contributed by atoms with Gasteiger partial charge in [-0.3, -0.25) is 14.3 Å². The van der Waals surface area contributed by atoms with E-state index in [-0.39, 0.29) is 11.6 Å². The van der Waals surface area contributed by atoms with Gasteiger partial charge in [0.15, 0.2) is 0 Å². The van der Waals surface area contributed by atoms with Crippen LogP contribution >= 0.6 is 0 Å². The number of nitrogens with one attached hydrogen (secondary N) is 1. The number of hydrogen-bond donors (Lipinski definition) is 1. The van der Waals surface area contributed by atoms with Crippen molar-refractivity contribution in [2.24, 2.45) is 0 Å². The van der Waals surface area contributed by atoms with Crippen molar-refractivity contribution in [2.45, 2.75) is 39.2 Å². The first-order valence-electron chi connectivity index (χ1n) is 5.35. The van der Waals surface area contributed by atoms with Gasteiger partial charge >= 0.3 is 5.69 Å². The highest BCUT2D eigenvalue weighted by molar-refractivity contribution is 5.21. The van der Waals surface area contributed by atoms with Crippen molar-refractivity contribution in [3.8, 4) is 6.07 Å². The highest BCUT2D eigenvalue weighted by Crippen LogP contribution is 2.11. The van der Waals surface area contributed by atoms with Crippen molar-refractivity contribution in [2.75, 3.05) is 0 Å². The van der Waals surface area contributed by atoms with Crippen molar-refractivity contribution in [1.82, 2.24) is 9.55 Å². The average Bonchev–Trinajstić information content (AvgIpc) is 2.26. The Balaban J connectivity index is 3.10. The fourth-order valence-electron chi connectivity index (χ4n) is 1.53. The zero-order valence-electron chi connectivity index (χ0n) is 9.49. The third-order valence-corrected chi connectivity index (χ3v) is 2.54. The minimum atomic E-state index is -0.619. The second-order valence-electron chi connectivity index (χ2n) is 3.81. The summed E-state index contributed by atoms with van der Waals surface area (Å²) in [5.74, 6) is 0. The van der Waals surface area contributed by atoms with Crippen LogP contribution in [0.15, 0.2) is 15.8 Å². The third-order valence-electron chi connectivity index (χ3n) is 2.54. The van der Waals surface area contributed by atoms with Crippen molar-refractivity contribution in [3.05, 3.63) is 32.6 Å². The van der Waals surface area contributed by atoms with E-state index >= 15 is 0 Å². The van der Waals surface area contributed by atoms with Crippen LogP contribution in [0.25, 0.3) is 0 Å². The van der Waals surface area contributed by atoms with Gasteiger partial charge in [-0.1, -0.05) is 19.8 Å². The van der Waals surface area contributed by atoms with Crippen LogP contribution < -0.4 is 11.2 Å². The van der Waals surface area contributed by atoms with Crippen LogP contribution in [0.1, 0.15) is 44.7 Å². The van der Waals surface area contributed by atoms with E-state index in [1.54, 1.807) is 6.07 Å². The fraction of sp³-hybridized carbons (Fsp3) is 0.545. The van der Waals surface area contributed by atoms with Gasteiger partial charge in [0.2, 0.25) is 0 Å². The molecule has 0 amide bonds. The minimum Gasteiger partial charge on any atom is -0.296 e. The second-order valence-corrected chi connectivity index (χ2v) is 3.81. The van der Waals surface area contributed by atoms with Crippen LogP contribution in [-0.4, -0.2) is 9.55 Å². The lowest BCUT2D eigenvalue weighted by molar-refractivity contribution is 0.463. The van der Waals surface area contributed by atoms with E-state index in [1.807, 2.05) is 6.92 Å². The number of nitrogens with zero attached hydrogens (tertiary/aromatic N) is 2. The van der Waals surface area contributed by atoms with E-state index in [2.05, 4.69) is 11.9 Å². The maximum atomic E-state index is 11.5. The van der Waals surface area contributed by atoms with E-state index in [4.69, 9.17) is 5.26 Å². The Labute approximate surface area is 93.4 Å². The number of rotatable bonds is 4. The Bertz CT molecular complexity index is 507. The lowest BCUT2D eigenvalue weighted by Gasteiger charge is -2.13. The smallest absolute Gasteiger partial charge is 0.296 e. The van der Waals surface area contributed by atoms with Crippen molar-refractivity contribution < 1.29 is 0 Å². The molecule has 0 fully saturated rings. The second kappa shape index (κ2) is 5.31. The summed E-state index contributed by atoms with van der Waals surface area (Å²) >= 11 is 0. The van der Waals surface area contributed by atoms with E-state index in [0.29, 0.717) is 0 Å². The summed E-state index contributed by atoms with van der Waals surface area (Å²) in [6.45, 7) is 3.97. The summed E-state index contributed by atoms with van der Waals surface area (Å²) in [7, 11) is 0. The van der Waals surface area contributed by atoms with E-state index in [9.17, 15) is 9.59 Å². The molecule has 0 radical (unpaired) electrons. The molecule has 1 unspecified atom stereocenters. The largest absolute Gasteiger partial charge is 0.328 e. The van der Waals surface area contributed by atoms with Crippen molar-refractivity contribution in [1.29, 1.82) is 5.26 Å². The Hall–Kier alpha value is -1.83. The zero-order valence-corrected chi connectivity index (χ0v) is 9.49. The van der Waals surface area contributed by atoms with Gasteiger partial charge < -0.3 is 0 Å². The Kier molecular flexibility index (Phi) is 4.06. The molecule has 0 saturated heterocycles. The molecule has 5 heteroatoms. The summed E-state index contributed by atoms with van der Waals surface area (Å²) in [6, 6.07) is 1.77. The number of aromatic amines is 1. The number of unbranched alkanes of at least 4 members (excludes halogenated alkanes) is 1. The monoisotopic (exact) mass is 221 g/mol. The molecular weight excluding hydrogens is 206 g/mol. The predicted molar refractivity (Wildman–Crippen MR) is 60.3 cm³/mol. The fourth-order valence-corrected chi connectivity index (χ4v) is 1.53. The quantitative estimate of drug-likeness (QED) is 0.828. The number of nitriles is 1. The summed E-state index contributed by atoms with van der Waals surface area (Å²) in [6.07, 6.45) is 4.25. The molecule has 1 aromatic rings. The van der Waals surface area contributed by atoms with Crippen LogP contribution in [0, 0.1) is 11.3 Å². The molecule has 1 rings (SSSR count). The van der Waals surface area contributed by atoms with Gasteiger partial charge in [0.1, 0.15) is 11.6 Å². The van der Waals surface area contributed by atoms with Crippen LogP contribution in [0.4, 0.5) is 0 Å². The molecule has 0 aliphatic rings. The van der Waals surface area contributed by atoms with E-state index in [0.717, 1.165) is 19.3 Å². The van der Waals surface area contributed by atoms with Gasteiger partial charge in [-0.15, -0.1) is 0 Å². The van der Waals surface area contributed by atoms with Gasteiger partial charge in [0.05, 0.1) is 0 Å². The van der Waals surface area contributed by atoms with Crippen LogP contribution in [0.3, 0.4) is 0 Å². The molecule has 1 aromatic heterocycles. The van der Waals surface area contributed by atoms with Gasteiger partial charge in [-0.25, -0.2) is 4.79 Å². The normalized spacial score (nSPS) is 12.1. The molecule has 1 atom stereocenters. The van der Waals surface area contributed by atoms with Gasteiger partial charge in [-0.05, 0) is 13.3 Å². The molecule has 0 aromatic carbocycles. The first-order chi connectivity index (χ1) is 7.60. The lowest BCUT2D eigenvalue weighted by Crippen LogP contribution is -2.32. The maximum absolute atomic E-state index is 11.5. The van der Waals surface area contributed by atoms with Gasteiger partial charge in [-0.2, -0.15) is 5.26 Å². The number of aromatic nitrogens is 2. The highest BCUT2D eigenvalue weighted by Gasteiger charge is 2.09. The molecule has 86 valence electrons. The molecule has 0 bridgehead atoms. The molecule has 0 spiro atoms. The molecule has 5 nitrogen and oxygen atoms in total. The van der Waals surface area contributed by atoms with Crippen molar-refractivity contribution in [3.63, 3.8) is 0 Å². The van der Waals surface area contributed by atoms with Crippen LogP contribution in [0.5, 0.6) is 0 Å². The van der Waals surface area contributed by atoms with Crippen molar-refractivity contribution >= 4 is 0 Å². The van der Waals surface area contributed by atoms with Crippen LogP contribution in [0.2, 0.25) is 0 Å². The first-order valence-corrected chi connectivity index (χ1v) is 5.35. The maximum Gasteiger partial charge on any atom is 0.328 e. The van der Waals surface area contributed by atoms with E-state index in [1.165, 1.54) is 10.8 Å². The third kappa shape index (κ3) is 2.60. The molecule has 0 aliphatic heterocycles. The molecule has 16 heavy (non-hydrogen) atoms. The Morgan fingerprint density at radius 3 is 2.81 bits per heavy atom. The number of H-pyrrole nitrogens is 1. The first kappa shape index (κ1) is 12.2. The minimum absolute atomic E-state index is 0.00333. The van der Waals surface area contributed by atoms with E-state index < -0.39 is 11.2 Å². The molecular formula is C11H15N3O2. The predicted octanol–water partition coefficient (Wildman–Crippen LogP) is 1.16. The summed E-state index contributed by atoms with van der Waals surface area (Å²) in [5.41, 5.74) is -1.10. The summed E-state index contributed by atoms with van der Waals surface area (Å²) in [5, 5.41) is 8.71. The van der Waals surface area contributed by atoms with Crippen LogP contribution in [-0.2, 0) is 0 Å². The average molecular weight is 221 g/mol.